The summed E-state index contributed by atoms with van der Waals surface area (Å²) in [6.45, 7) is 6.12. The number of carbonyl (C=O) groups is 1. The lowest BCUT2D eigenvalue weighted by Gasteiger charge is -2.40. The second-order valence-corrected chi connectivity index (χ2v) is 6.46. The van der Waals surface area contributed by atoms with E-state index in [1.54, 1.807) is 12.1 Å². The van der Waals surface area contributed by atoms with E-state index in [0.717, 1.165) is 32.4 Å². The maximum Gasteiger partial charge on any atom is 0.163 e. The molecule has 0 saturated carbocycles. The number of hydrogen-bond donors (Lipinski definition) is 0. The van der Waals surface area contributed by atoms with Crippen LogP contribution in [0.3, 0.4) is 0 Å². The minimum absolute atomic E-state index is 0.0358. The first-order chi connectivity index (χ1) is 10.0. The minimum Gasteiger partial charge on any atom is -0.294 e. The predicted molar refractivity (Wildman–Crippen MR) is 84.1 cm³/mol. The van der Waals surface area contributed by atoms with Crippen LogP contribution >= 0.6 is 0 Å². The zero-order chi connectivity index (χ0) is 15.3. The molecule has 0 amide bonds. The highest BCUT2D eigenvalue weighted by atomic mass is 19.1. The van der Waals surface area contributed by atoms with E-state index in [1.807, 2.05) is 23.1 Å². The number of benzene rings is 1. The molecule has 21 heavy (non-hydrogen) atoms. The molecule has 1 unspecified atom stereocenters. The minimum atomic E-state index is -0.987. The number of likely N-dealkylation sites (tertiary alicyclic amines) is 1. The molecule has 1 fully saturated rings. The van der Waals surface area contributed by atoms with Crippen molar-refractivity contribution >= 4 is 5.78 Å². The van der Waals surface area contributed by atoms with Gasteiger partial charge in [-0.15, -0.1) is 0 Å². The predicted octanol–water partition coefficient (Wildman–Crippen LogP) is 4.46. The molecule has 0 aliphatic carbocycles. The van der Waals surface area contributed by atoms with Crippen molar-refractivity contribution in [2.45, 2.75) is 52.2 Å². The summed E-state index contributed by atoms with van der Waals surface area (Å²) in [7, 11) is 0. The largest absolute Gasteiger partial charge is 0.294 e. The van der Waals surface area contributed by atoms with Gasteiger partial charge in [-0.1, -0.05) is 50.6 Å². The average Bonchev–Trinajstić information content (AvgIpc) is 2.54. The molecular weight excluding hydrogens is 265 g/mol. The number of hydrogen-bond acceptors (Lipinski definition) is 2. The zero-order valence-electron chi connectivity index (χ0n) is 13.1. The fourth-order valence-electron chi connectivity index (χ4n) is 2.90. The number of alkyl halides is 1. The summed E-state index contributed by atoms with van der Waals surface area (Å²) in [6, 6.07) is 9.16. The number of rotatable bonds is 6. The number of ketones is 1. The highest BCUT2D eigenvalue weighted by Crippen LogP contribution is 2.35. The third kappa shape index (κ3) is 4.37. The summed E-state index contributed by atoms with van der Waals surface area (Å²) in [5.74, 6) is 0.0358. The molecular formula is C18H26FNO. The third-order valence-electron chi connectivity index (χ3n) is 4.96. The molecule has 0 spiro atoms. The Balaban J connectivity index is 1.78. The molecule has 0 radical (unpaired) electrons. The molecule has 2 nitrogen and oxygen atoms in total. The first-order valence-corrected chi connectivity index (χ1v) is 8.00. The molecule has 1 aromatic carbocycles. The van der Waals surface area contributed by atoms with Crippen molar-refractivity contribution in [1.29, 1.82) is 0 Å². The molecule has 2 rings (SSSR count). The molecule has 0 aromatic heterocycles. The lowest BCUT2D eigenvalue weighted by Crippen LogP contribution is -2.42. The lowest BCUT2D eigenvalue weighted by molar-refractivity contribution is 0.0162. The smallest absolute Gasteiger partial charge is 0.163 e. The van der Waals surface area contributed by atoms with Gasteiger partial charge in [0.15, 0.2) is 12.1 Å². The SMILES string of the molecule is CCC1(C)CCN(C(F)CCC(=O)c2ccccc2)CC1. The van der Waals surface area contributed by atoms with Crippen LogP contribution in [-0.4, -0.2) is 30.1 Å². The summed E-state index contributed by atoms with van der Waals surface area (Å²) >= 11 is 0. The van der Waals surface area contributed by atoms with E-state index < -0.39 is 6.30 Å². The van der Waals surface area contributed by atoms with Crippen molar-refractivity contribution in [3.63, 3.8) is 0 Å². The standard InChI is InChI=1S/C18H26FNO/c1-3-18(2)11-13-20(14-12-18)17(19)10-9-16(21)15-7-5-4-6-8-15/h4-8,17H,3,9-14H2,1-2H3. The fourth-order valence-corrected chi connectivity index (χ4v) is 2.90. The Hall–Kier alpha value is -1.22. The molecule has 1 aliphatic rings. The van der Waals surface area contributed by atoms with Gasteiger partial charge in [0.25, 0.3) is 0 Å². The van der Waals surface area contributed by atoms with Gasteiger partial charge in [-0.3, -0.25) is 9.69 Å². The highest BCUT2D eigenvalue weighted by molar-refractivity contribution is 5.95. The summed E-state index contributed by atoms with van der Waals surface area (Å²) in [5, 5.41) is 0. The van der Waals surface area contributed by atoms with Gasteiger partial charge < -0.3 is 0 Å². The summed E-state index contributed by atoms with van der Waals surface area (Å²) in [6.07, 6.45) is 2.86. The van der Waals surface area contributed by atoms with E-state index in [-0.39, 0.29) is 12.2 Å². The van der Waals surface area contributed by atoms with Crippen molar-refractivity contribution in [3.05, 3.63) is 35.9 Å². The quantitative estimate of drug-likeness (QED) is 0.570. The molecule has 1 aliphatic heterocycles. The Morgan fingerprint density at radius 2 is 1.90 bits per heavy atom. The van der Waals surface area contributed by atoms with Gasteiger partial charge in [-0.05, 0) is 24.7 Å². The number of piperidine rings is 1. The number of nitrogens with zero attached hydrogens (tertiary/aromatic N) is 1. The first-order valence-electron chi connectivity index (χ1n) is 8.00. The maximum absolute atomic E-state index is 14.3. The molecule has 1 atom stereocenters. The van der Waals surface area contributed by atoms with E-state index in [4.69, 9.17) is 0 Å². The number of Topliss-reactive ketones (excluding diaryl/α,β-unsaturated/α-hetero) is 1. The summed E-state index contributed by atoms with van der Waals surface area (Å²) in [4.78, 5) is 13.9. The topological polar surface area (TPSA) is 20.3 Å². The van der Waals surface area contributed by atoms with Crippen molar-refractivity contribution in [1.82, 2.24) is 4.90 Å². The Labute approximate surface area is 127 Å². The molecule has 0 bridgehead atoms. The van der Waals surface area contributed by atoms with Crippen LogP contribution in [0, 0.1) is 5.41 Å². The Morgan fingerprint density at radius 3 is 2.48 bits per heavy atom. The molecule has 3 heteroatoms. The van der Waals surface area contributed by atoms with Gasteiger partial charge in [0, 0.05) is 25.1 Å². The van der Waals surface area contributed by atoms with Crippen LogP contribution in [-0.2, 0) is 0 Å². The van der Waals surface area contributed by atoms with Crippen LogP contribution in [0.5, 0.6) is 0 Å². The third-order valence-corrected chi connectivity index (χ3v) is 4.96. The van der Waals surface area contributed by atoms with Crippen molar-refractivity contribution < 1.29 is 9.18 Å². The molecule has 1 heterocycles. The van der Waals surface area contributed by atoms with E-state index in [2.05, 4.69) is 13.8 Å². The van der Waals surface area contributed by atoms with Crippen LogP contribution in [0.15, 0.2) is 30.3 Å². The summed E-state index contributed by atoms with van der Waals surface area (Å²) in [5.41, 5.74) is 1.05. The second-order valence-electron chi connectivity index (χ2n) is 6.46. The molecule has 116 valence electrons. The Morgan fingerprint density at radius 1 is 1.29 bits per heavy atom. The molecule has 1 aromatic rings. The molecule has 1 saturated heterocycles. The average molecular weight is 291 g/mol. The van der Waals surface area contributed by atoms with E-state index in [0.29, 0.717) is 17.4 Å². The van der Waals surface area contributed by atoms with Gasteiger partial charge >= 0.3 is 0 Å². The molecule has 0 N–H and O–H groups in total. The fraction of sp³-hybridized carbons (Fsp3) is 0.611. The van der Waals surface area contributed by atoms with Crippen LogP contribution in [0.25, 0.3) is 0 Å². The lowest BCUT2D eigenvalue weighted by atomic mass is 9.78. The van der Waals surface area contributed by atoms with Crippen molar-refractivity contribution in [2.75, 3.05) is 13.1 Å². The van der Waals surface area contributed by atoms with Gasteiger partial charge in [0.1, 0.15) is 0 Å². The normalized spacial score (nSPS) is 20.1. The first kappa shape index (κ1) is 16.2. The number of carbonyl (C=O) groups excluding carboxylic acids is 1. The Kier molecular flexibility index (Phi) is 5.51. The second kappa shape index (κ2) is 7.17. The van der Waals surface area contributed by atoms with Crippen LogP contribution in [0.2, 0.25) is 0 Å². The maximum atomic E-state index is 14.3. The van der Waals surface area contributed by atoms with E-state index in [9.17, 15) is 9.18 Å². The van der Waals surface area contributed by atoms with Gasteiger partial charge in [-0.2, -0.15) is 0 Å². The van der Waals surface area contributed by atoms with E-state index >= 15 is 0 Å². The van der Waals surface area contributed by atoms with Crippen LogP contribution in [0.1, 0.15) is 56.3 Å². The Bertz CT molecular complexity index is 452. The van der Waals surface area contributed by atoms with Crippen molar-refractivity contribution in [2.24, 2.45) is 5.41 Å². The highest BCUT2D eigenvalue weighted by Gasteiger charge is 2.31. The van der Waals surface area contributed by atoms with Gasteiger partial charge in [0.2, 0.25) is 0 Å². The zero-order valence-corrected chi connectivity index (χ0v) is 13.1. The monoisotopic (exact) mass is 291 g/mol. The van der Waals surface area contributed by atoms with Crippen LogP contribution < -0.4 is 0 Å². The van der Waals surface area contributed by atoms with Gasteiger partial charge in [-0.25, -0.2) is 4.39 Å². The van der Waals surface area contributed by atoms with Gasteiger partial charge in [0.05, 0.1) is 0 Å². The number of halogens is 1. The summed E-state index contributed by atoms with van der Waals surface area (Å²) < 4.78 is 14.3. The van der Waals surface area contributed by atoms with Crippen molar-refractivity contribution in [3.8, 4) is 0 Å². The van der Waals surface area contributed by atoms with Crippen LogP contribution in [0.4, 0.5) is 4.39 Å². The van der Waals surface area contributed by atoms with E-state index in [1.165, 1.54) is 0 Å².